The monoisotopic (exact) mass is 351 g/mol. The Bertz CT molecular complexity index is 734. The quantitative estimate of drug-likeness (QED) is 0.886. The molecule has 23 heavy (non-hydrogen) atoms. The third kappa shape index (κ3) is 4.09. The maximum atomic E-state index is 12.0. The summed E-state index contributed by atoms with van der Waals surface area (Å²) in [5.74, 6) is 1.41. The highest BCUT2D eigenvalue weighted by Crippen LogP contribution is 2.32. The van der Waals surface area contributed by atoms with Gasteiger partial charge in [-0.3, -0.25) is 4.79 Å². The summed E-state index contributed by atoms with van der Waals surface area (Å²) in [5, 5.41) is 4.06. The van der Waals surface area contributed by atoms with Gasteiger partial charge in [-0.05, 0) is 41.8 Å². The van der Waals surface area contributed by atoms with Gasteiger partial charge in [0.25, 0.3) is 0 Å². The van der Waals surface area contributed by atoms with Crippen molar-refractivity contribution in [3.8, 4) is 11.5 Å². The van der Waals surface area contributed by atoms with Crippen molar-refractivity contribution in [3.05, 3.63) is 57.6 Å². The molecule has 0 bridgehead atoms. The van der Waals surface area contributed by atoms with E-state index in [-0.39, 0.29) is 12.7 Å². The minimum atomic E-state index is -0.0336. The fourth-order valence-corrected chi connectivity index (χ4v) is 2.82. The number of carbonyl (C=O) groups is 1. The number of amides is 1. The average Bonchev–Trinajstić information content (AvgIpc) is 2.99. The molecule has 1 amide bonds. The van der Waals surface area contributed by atoms with E-state index in [4.69, 9.17) is 32.7 Å². The van der Waals surface area contributed by atoms with E-state index in [1.807, 2.05) is 24.3 Å². The van der Waals surface area contributed by atoms with Crippen LogP contribution in [0.4, 0.5) is 0 Å². The van der Waals surface area contributed by atoms with E-state index in [1.54, 1.807) is 12.1 Å². The Labute approximate surface area is 144 Å². The number of hydrogen-bond acceptors (Lipinski definition) is 3. The molecule has 1 aliphatic heterocycles. The molecule has 1 aliphatic rings. The molecule has 0 atom stereocenters. The average molecular weight is 352 g/mol. The first-order chi connectivity index (χ1) is 11.1. The Hall–Kier alpha value is -1.91. The van der Waals surface area contributed by atoms with Crippen LogP contribution in [-0.4, -0.2) is 12.7 Å². The van der Waals surface area contributed by atoms with Gasteiger partial charge < -0.3 is 14.8 Å². The van der Waals surface area contributed by atoms with E-state index < -0.39 is 0 Å². The molecule has 0 unspecified atom stereocenters. The van der Waals surface area contributed by atoms with E-state index in [2.05, 4.69) is 5.32 Å². The van der Waals surface area contributed by atoms with Crippen molar-refractivity contribution >= 4 is 29.1 Å². The number of halogens is 2. The number of hydrogen-bond donors (Lipinski definition) is 1. The highest BCUT2D eigenvalue weighted by Gasteiger charge is 2.13. The number of benzene rings is 2. The predicted molar refractivity (Wildman–Crippen MR) is 89.2 cm³/mol. The van der Waals surface area contributed by atoms with Crippen LogP contribution in [0, 0.1) is 0 Å². The van der Waals surface area contributed by atoms with Crippen molar-refractivity contribution in [1.82, 2.24) is 5.32 Å². The lowest BCUT2D eigenvalue weighted by molar-refractivity contribution is -0.121. The fourth-order valence-electron chi connectivity index (χ4n) is 2.31. The van der Waals surface area contributed by atoms with Crippen molar-refractivity contribution < 1.29 is 14.3 Å². The highest BCUT2D eigenvalue weighted by atomic mass is 35.5. The summed E-state index contributed by atoms with van der Waals surface area (Å²) in [5.41, 5.74) is 1.88. The van der Waals surface area contributed by atoms with E-state index in [0.717, 1.165) is 16.9 Å². The molecule has 0 radical (unpaired) electrons. The van der Waals surface area contributed by atoms with Crippen molar-refractivity contribution in [1.29, 1.82) is 0 Å². The van der Waals surface area contributed by atoms with Crippen LogP contribution in [0.1, 0.15) is 17.5 Å². The largest absolute Gasteiger partial charge is 0.454 e. The van der Waals surface area contributed by atoms with Crippen molar-refractivity contribution in [2.75, 3.05) is 6.79 Å². The van der Waals surface area contributed by atoms with Gasteiger partial charge in [-0.25, -0.2) is 0 Å². The summed E-state index contributed by atoms with van der Waals surface area (Å²) in [6, 6.07) is 10.9. The first-order valence-corrected chi connectivity index (χ1v) is 7.96. The van der Waals surface area contributed by atoms with Crippen LogP contribution in [0.25, 0.3) is 0 Å². The summed E-state index contributed by atoms with van der Waals surface area (Å²) in [6.07, 6.45) is 0.939. The lowest BCUT2D eigenvalue weighted by Gasteiger charge is -2.07. The summed E-state index contributed by atoms with van der Waals surface area (Å²) >= 11 is 12.0. The standard InChI is InChI=1S/C17H15Cl2NO3/c18-13-4-2-12(14(19)8-13)3-6-17(21)20-9-11-1-5-15-16(7-11)23-10-22-15/h1-2,4-5,7-8H,3,6,9-10H2,(H,20,21). The SMILES string of the molecule is O=C(CCc1ccc(Cl)cc1Cl)NCc1ccc2c(c1)OCO2. The second-order valence-electron chi connectivity index (χ2n) is 5.20. The molecule has 0 saturated carbocycles. The maximum Gasteiger partial charge on any atom is 0.231 e. The van der Waals surface area contributed by atoms with Gasteiger partial charge in [-0.2, -0.15) is 0 Å². The van der Waals surface area contributed by atoms with Gasteiger partial charge in [0.15, 0.2) is 11.5 Å². The topological polar surface area (TPSA) is 47.6 Å². The Morgan fingerprint density at radius 2 is 1.91 bits per heavy atom. The molecule has 1 N–H and O–H groups in total. The smallest absolute Gasteiger partial charge is 0.231 e. The summed E-state index contributed by atoms with van der Waals surface area (Å²) in [4.78, 5) is 12.0. The second-order valence-corrected chi connectivity index (χ2v) is 6.04. The zero-order chi connectivity index (χ0) is 16.2. The Kier molecular flexibility index (Phi) is 4.94. The van der Waals surface area contributed by atoms with E-state index in [0.29, 0.717) is 35.2 Å². The summed E-state index contributed by atoms with van der Waals surface area (Å²) in [6.45, 7) is 0.691. The third-order valence-electron chi connectivity index (χ3n) is 3.56. The summed E-state index contributed by atoms with van der Waals surface area (Å²) < 4.78 is 10.6. The molecule has 3 rings (SSSR count). The zero-order valence-electron chi connectivity index (χ0n) is 12.3. The van der Waals surface area contributed by atoms with Gasteiger partial charge in [0.1, 0.15) is 0 Å². The highest BCUT2D eigenvalue weighted by molar-refractivity contribution is 6.35. The number of nitrogens with one attached hydrogen (secondary N) is 1. The number of aryl methyl sites for hydroxylation is 1. The Balaban J connectivity index is 1.50. The number of carbonyl (C=O) groups excluding carboxylic acids is 1. The van der Waals surface area contributed by atoms with Gasteiger partial charge in [0, 0.05) is 23.0 Å². The van der Waals surface area contributed by atoms with Crippen molar-refractivity contribution in [2.45, 2.75) is 19.4 Å². The molecule has 0 fully saturated rings. The Morgan fingerprint density at radius 1 is 1.09 bits per heavy atom. The molecular formula is C17H15Cl2NO3. The lowest BCUT2D eigenvalue weighted by atomic mass is 10.1. The molecule has 0 aliphatic carbocycles. The first-order valence-electron chi connectivity index (χ1n) is 7.21. The van der Waals surface area contributed by atoms with E-state index >= 15 is 0 Å². The van der Waals surface area contributed by atoms with E-state index in [1.165, 1.54) is 0 Å². The predicted octanol–water partition coefficient (Wildman–Crippen LogP) is 3.97. The minimum Gasteiger partial charge on any atom is -0.454 e. The molecule has 0 saturated heterocycles. The fraction of sp³-hybridized carbons (Fsp3) is 0.235. The number of ether oxygens (including phenoxy) is 2. The second kappa shape index (κ2) is 7.11. The molecule has 1 heterocycles. The van der Waals surface area contributed by atoms with Crippen molar-refractivity contribution in [3.63, 3.8) is 0 Å². The third-order valence-corrected chi connectivity index (χ3v) is 4.15. The van der Waals surface area contributed by atoms with Crippen LogP contribution >= 0.6 is 23.2 Å². The van der Waals surface area contributed by atoms with Gasteiger partial charge in [-0.15, -0.1) is 0 Å². The van der Waals surface area contributed by atoms with Crippen molar-refractivity contribution in [2.24, 2.45) is 0 Å². The molecule has 2 aromatic carbocycles. The molecule has 6 heteroatoms. The van der Waals surface area contributed by atoms with Gasteiger partial charge in [0.05, 0.1) is 0 Å². The van der Waals surface area contributed by atoms with Crippen LogP contribution < -0.4 is 14.8 Å². The minimum absolute atomic E-state index is 0.0336. The number of fused-ring (bicyclic) bond motifs is 1. The van der Waals surface area contributed by atoms with Crippen LogP contribution in [-0.2, 0) is 17.8 Å². The molecule has 2 aromatic rings. The molecule has 4 nitrogen and oxygen atoms in total. The molecular weight excluding hydrogens is 337 g/mol. The van der Waals surface area contributed by atoms with Crippen LogP contribution in [0.2, 0.25) is 10.0 Å². The first kappa shape index (κ1) is 16.0. The molecule has 0 spiro atoms. The van der Waals surface area contributed by atoms with Gasteiger partial charge in [-0.1, -0.05) is 35.3 Å². The molecule has 120 valence electrons. The van der Waals surface area contributed by atoms with Gasteiger partial charge in [0.2, 0.25) is 12.7 Å². The van der Waals surface area contributed by atoms with Crippen LogP contribution in [0.5, 0.6) is 11.5 Å². The summed E-state index contributed by atoms with van der Waals surface area (Å²) in [7, 11) is 0. The van der Waals surface area contributed by atoms with E-state index in [9.17, 15) is 4.79 Å². The van der Waals surface area contributed by atoms with Gasteiger partial charge >= 0.3 is 0 Å². The molecule has 0 aromatic heterocycles. The number of rotatable bonds is 5. The Morgan fingerprint density at radius 3 is 2.74 bits per heavy atom. The van der Waals surface area contributed by atoms with Crippen LogP contribution in [0.3, 0.4) is 0 Å². The zero-order valence-corrected chi connectivity index (χ0v) is 13.8. The lowest BCUT2D eigenvalue weighted by Crippen LogP contribution is -2.23. The maximum absolute atomic E-state index is 12.0. The normalized spacial score (nSPS) is 12.3. The van der Waals surface area contributed by atoms with Crippen LogP contribution in [0.15, 0.2) is 36.4 Å².